The number of carboxylic acid groups (broad SMARTS) is 1. The maximum Gasteiger partial charge on any atom is 0.305 e. The van der Waals surface area contributed by atoms with E-state index in [0.717, 1.165) is 0 Å². The molecule has 0 saturated carbocycles. The minimum atomic E-state index is -3.83. The molecule has 0 aliphatic heterocycles. The summed E-state index contributed by atoms with van der Waals surface area (Å²) in [6.07, 6.45) is 2.39. The zero-order valence-corrected chi connectivity index (χ0v) is 11.0. The summed E-state index contributed by atoms with van der Waals surface area (Å²) in [7, 11) is -2.22. The Kier molecular flexibility index (Phi) is 5.01. The van der Waals surface area contributed by atoms with E-state index in [9.17, 15) is 18.0 Å². The van der Waals surface area contributed by atoms with Crippen LogP contribution in [0.25, 0.3) is 0 Å². The Balaban J connectivity index is 2.43. The molecule has 1 aromatic heterocycles. The Bertz CT molecular complexity index is 565. The lowest BCUT2D eigenvalue weighted by Crippen LogP contribution is -2.37. The summed E-state index contributed by atoms with van der Waals surface area (Å²) in [5.74, 6) is -1.66. The van der Waals surface area contributed by atoms with Gasteiger partial charge in [0, 0.05) is 19.8 Å². The Morgan fingerprint density at radius 3 is 2.68 bits per heavy atom. The SMILES string of the molecule is Cn1cnc(S(=O)(=O)NCC(=O)NCCC(=O)O)c1. The van der Waals surface area contributed by atoms with Crippen LogP contribution in [-0.2, 0) is 26.7 Å². The number of imidazole rings is 1. The van der Waals surface area contributed by atoms with Crippen LogP contribution >= 0.6 is 0 Å². The molecular formula is C9H14N4O5S. The van der Waals surface area contributed by atoms with Gasteiger partial charge >= 0.3 is 5.97 Å². The number of aliphatic carboxylic acids is 1. The number of aromatic nitrogens is 2. The van der Waals surface area contributed by atoms with Gasteiger partial charge < -0.3 is 15.0 Å². The van der Waals surface area contributed by atoms with Gasteiger partial charge in [-0.15, -0.1) is 0 Å². The molecule has 10 heteroatoms. The number of amides is 1. The molecule has 1 aromatic rings. The van der Waals surface area contributed by atoms with Gasteiger partial charge in [-0.3, -0.25) is 9.59 Å². The molecular weight excluding hydrogens is 276 g/mol. The van der Waals surface area contributed by atoms with Crippen molar-refractivity contribution in [3.63, 3.8) is 0 Å². The molecule has 0 radical (unpaired) electrons. The largest absolute Gasteiger partial charge is 0.481 e. The fourth-order valence-corrected chi connectivity index (χ4v) is 2.09. The van der Waals surface area contributed by atoms with Crippen LogP contribution in [0.5, 0.6) is 0 Å². The number of carboxylic acids is 1. The lowest BCUT2D eigenvalue weighted by Gasteiger charge is -2.05. The molecule has 0 unspecified atom stereocenters. The second-order valence-corrected chi connectivity index (χ2v) is 5.41. The summed E-state index contributed by atoms with van der Waals surface area (Å²) in [4.78, 5) is 25.1. The zero-order chi connectivity index (χ0) is 14.5. The van der Waals surface area contributed by atoms with Crippen LogP contribution < -0.4 is 10.0 Å². The van der Waals surface area contributed by atoms with Crippen LogP contribution in [0.15, 0.2) is 17.6 Å². The summed E-state index contributed by atoms with van der Waals surface area (Å²) < 4.78 is 26.9. The minimum absolute atomic E-state index is 0.0561. The van der Waals surface area contributed by atoms with E-state index in [1.807, 2.05) is 0 Å². The summed E-state index contributed by atoms with van der Waals surface area (Å²) >= 11 is 0. The smallest absolute Gasteiger partial charge is 0.305 e. The van der Waals surface area contributed by atoms with Gasteiger partial charge in [-0.25, -0.2) is 18.1 Å². The normalized spacial score (nSPS) is 11.2. The summed E-state index contributed by atoms with van der Waals surface area (Å²) in [5, 5.41) is 10.4. The Morgan fingerprint density at radius 2 is 2.16 bits per heavy atom. The predicted octanol–water partition coefficient (Wildman–Crippen LogP) is -1.71. The van der Waals surface area contributed by atoms with Gasteiger partial charge in [0.1, 0.15) is 0 Å². The molecule has 0 aromatic carbocycles. The lowest BCUT2D eigenvalue weighted by atomic mass is 10.4. The topological polar surface area (TPSA) is 130 Å². The average molecular weight is 290 g/mol. The van der Waals surface area contributed by atoms with E-state index >= 15 is 0 Å². The third-order valence-electron chi connectivity index (χ3n) is 2.04. The molecule has 0 atom stereocenters. The van der Waals surface area contributed by atoms with E-state index < -0.39 is 28.4 Å². The Labute approximate surface area is 109 Å². The van der Waals surface area contributed by atoms with Crippen molar-refractivity contribution in [1.29, 1.82) is 0 Å². The molecule has 106 valence electrons. The first-order chi connectivity index (χ1) is 8.81. The first kappa shape index (κ1) is 15.1. The van der Waals surface area contributed by atoms with E-state index in [4.69, 9.17) is 5.11 Å². The van der Waals surface area contributed by atoms with Crippen molar-refractivity contribution in [2.24, 2.45) is 7.05 Å². The molecule has 0 saturated heterocycles. The van der Waals surface area contributed by atoms with Crippen molar-refractivity contribution in [2.45, 2.75) is 11.4 Å². The van der Waals surface area contributed by atoms with Crippen LogP contribution in [0.1, 0.15) is 6.42 Å². The van der Waals surface area contributed by atoms with Gasteiger partial charge in [0.15, 0.2) is 5.03 Å². The van der Waals surface area contributed by atoms with Gasteiger partial charge in [-0.05, 0) is 0 Å². The monoisotopic (exact) mass is 290 g/mol. The maximum atomic E-state index is 11.7. The van der Waals surface area contributed by atoms with Crippen LogP contribution in [0.2, 0.25) is 0 Å². The third-order valence-corrected chi connectivity index (χ3v) is 3.33. The first-order valence-corrected chi connectivity index (χ1v) is 6.75. The van der Waals surface area contributed by atoms with E-state index in [1.165, 1.54) is 17.1 Å². The molecule has 0 bridgehead atoms. The quantitative estimate of drug-likeness (QED) is 0.548. The average Bonchev–Trinajstić information content (AvgIpc) is 2.74. The summed E-state index contributed by atoms with van der Waals surface area (Å²) in [6, 6.07) is 0. The molecule has 3 N–H and O–H groups in total. The number of carbonyl (C=O) groups is 2. The molecule has 0 aliphatic carbocycles. The van der Waals surface area contributed by atoms with Crippen LogP contribution in [0.4, 0.5) is 0 Å². The minimum Gasteiger partial charge on any atom is -0.481 e. The lowest BCUT2D eigenvalue weighted by molar-refractivity contribution is -0.136. The second kappa shape index (κ2) is 6.29. The molecule has 0 fully saturated rings. The molecule has 1 amide bonds. The molecule has 9 nitrogen and oxygen atoms in total. The standard InChI is InChI=1S/C9H14N4O5S/c1-13-5-8(11-6-13)19(17,18)12-4-7(14)10-3-2-9(15)16/h5-6,12H,2-4H2,1H3,(H,10,14)(H,15,16). The fourth-order valence-electron chi connectivity index (χ4n) is 1.13. The fraction of sp³-hybridized carbons (Fsp3) is 0.444. The van der Waals surface area contributed by atoms with Gasteiger partial charge in [-0.1, -0.05) is 0 Å². The molecule has 19 heavy (non-hydrogen) atoms. The van der Waals surface area contributed by atoms with Crippen molar-refractivity contribution >= 4 is 21.9 Å². The van der Waals surface area contributed by atoms with Crippen LogP contribution in [-0.4, -0.2) is 48.0 Å². The van der Waals surface area contributed by atoms with E-state index in [0.29, 0.717) is 0 Å². The van der Waals surface area contributed by atoms with Crippen molar-refractivity contribution in [3.05, 3.63) is 12.5 Å². The highest BCUT2D eigenvalue weighted by Crippen LogP contribution is 2.02. The van der Waals surface area contributed by atoms with Crippen molar-refractivity contribution in [2.75, 3.05) is 13.1 Å². The number of hydrogen-bond acceptors (Lipinski definition) is 5. The number of nitrogens with one attached hydrogen (secondary N) is 2. The van der Waals surface area contributed by atoms with Crippen LogP contribution in [0.3, 0.4) is 0 Å². The second-order valence-electron chi connectivity index (χ2n) is 3.70. The molecule has 0 aliphatic rings. The summed E-state index contributed by atoms with van der Waals surface area (Å²) in [5.41, 5.74) is 0. The van der Waals surface area contributed by atoms with Crippen molar-refractivity contribution < 1.29 is 23.1 Å². The number of carbonyl (C=O) groups excluding carboxylic acids is 1. The van der Waals surface area contributed by atoms with E-state index in [-0.39, 0.29) is 18.0 Å². The Hall–Kier alpha value is -1.94. The number of nitrogens with zero attached hydrogens (tertiary/aromatic N) is 2. The summed E-state index contributed by atoms with van der Waals surface area (Å²) in [6.45, 7) is -0.530. The number of hydrogen-bond donors (Lipinski definition) is 3. The highest BCUT2D eigenvalue weighted by atomic mass is 32.2. The highest BCUT2D eigenvalue weighted by molar-refractivity contribution is 7.89. The molecule has 1 rings (SSSR count). The number of rotatable bonds is 7. The number of aryl methyl sites for hydroxylation is 1. The van der Waals surface area contributed by atoms with Gasteiger partial charge in [0.05, 0.1) is 19.3 Å². The van der Waals surface area contributed by atoms with E-state index in [1.54, 1.807) is 7.05 Å². The first-order valence-electron chi connectivity index (χ1n) is 5.27. The predicted molar refractivity (Wildman–Crippen MR) is 63.7 cm³/mol. The number of sulfonamides is 1. The highest BCUT2D eigenvalue weighted by Gasteiger charge is 2.17. The van der Waals surface area contributed by atoms with Crippen molar-refractivity contribution in [1.82, 2.24) is 19.6 Å². The zero-order valence-electron chi connectivity index (χ0n) is 10.2. The molecule has 1 heterocycles. The third kappa shape index (κ3) is 5.06. The van der Waals surface area contributed by atoms with Gasteiger partial charge in [0.25, 0.3) is 10.0 Å². The van der Waals surface area contributed by atoms with Crippen LogP contribution in [0, 0.1) is 0 Å². The van der Waals surface area contributed by atoms with Gasteiger partial charge in [-0.2, -0.15) is 0 Å². The Morgan fingerprint density at radius 1 is 1.47 bits per heavy atom. The van der Waals surface area contributed by atoms with E-state index in [2.05, 4.69) is 15.0 Å². The van der Waals surface area contributed by atoms with Crippen molar-refractivity contribution in [3.8, 4) is 0 Å². The molecule has 0 spiro atoms. The maximum absolute atomic E-state index is 11.7. The van der Waals surface area contributed by atoms with Gasteiger partial charge in [0.2, 0.25) is 5.91 Å².